The van der Waals surface area contributed by atoms with E-state index in [9.17, 15) is 13.6 Å². The molecular formula is C22H20F2N6O. The monoisotopic (exact) mass is 422 g/mol. The van der Waals surface area contributed by atoms with Gasteiger partial charge in [0.05, 0.1) is 17.8 Å². The fourth-order valence-electron chi connectivity index (χ4n) is 3.90. The summed E-state index contributed by atoms with van der Waals surface area (Å²) in [6.45, 7) is 1.86. The molecule has 3 N–H and O–H groups in total. The average Bonchev–Trinajstić information content (AvgIpc) is 3.42. The highest BCUT2D eigenvalue weighted by molar-refractivity contribution is 6.11. The molecule has 158 valence electrons. The van der Waals surface area contributed by atoms with Gasteiger partial charge in [-0.1, -0.05) is 0 Å². The Hall–Kier alpha value is -3.59. The zero-order valence-electron chi connectivity index (χ0n) is 16.5. The van der Waals surface area contributed by atoms with Crippen molar-refractivity contribution < 1.29 is 13.6 Å². The Morgan fingerprint density at radius 2 is 1.90 bits per heavy atom. The number of aromatic nitrogens is 4. The van der Waals surface area contributed by atoms with E-state index < -0.39 is 17.5 Å². The number of carbonyl (C=O) groups excluding carboxylic acids is 1. The molecule has 0 radical (unpaired) electrons. The van der Waals surface area contributed by atoms with Crippen molar-refractivity contribution in [1.82, 2.24) is 25.3 Å². The van der Waals surface area contributed by atoms with Gasteiger partial charge >= 0.3 is 0 Å². The number of H-pyrrole nitrogens is 1. The smallest absolute Gasteiger partial charge is 0.276 e. The van der Waals surface area contributed by atoms with Gasteiger partial charge in [-0.2, -0.15) is 10.2 Å². The van der Waals surface area contributed by atoms with Crippen LogP contribution in [0.25, 0.3) is 22.0 Å². The number of fused-ring (bicyclic) bond motifs is 1. The number of carbonyl (C=O) groups is 1. The van der Waals surface area contributed by atoms with Gasteiger partial charge in [0.1, 0.15) is 11.6 Å². The second-order valence-electron chi connectivity index (χ2n) is 7.60. The molecule has 1 saturated heterocycles. The number of hydrogen-bond acceptors (Lipinski definition) is 4. The van der Waals surface area contributed by atoms with Gasteiger partial charge in [0.2, 0.25) is 0 Å². The van der Waals surface area contributed by atoms with Crippen molar-refractivity contribution in [3.8, 4) is 11.1 Å². The lowest BCUT2D eigenvalue weighted by Crippen LogP contribution is -2.29. The second kappa shape index (κ2) is 7.92. The molecule has 0 atom stereocenters. The van der Waals surface area contributed by atoms with Crippen LogP contribution in [0, 0.1) is 11.6 Å². The highest BCUT2D eigenvalue weighted by Gasteiger charge is 2.20. The molecule has 0 unspecified atom stereocenters. The van der Waals surface area contributed by atoms with Crippen LogP contribution in [0.4, 0.5) is 14.5 Å². The molecule has 0 aliphatic carbocycles. The molecule has 9 heteroatoms. The second-order valence-corrected chi connectivity index (χ2v) is 7.60. The Morgan fingerprint density at radius 3 is 2.68 bits per heavy atom. The molecule has 1 aliphatic rings. The Kier molecular flexibility index (Phi) is 4.95. The number of piperidine rings is 1. The Morgan fingerprint density at radius 1 is 1.13 bits per heavy atom. The van der Waals surface area contributed by atoms with Gasteiger partial charge in [-0.25, -0.2) is 8.78 Å². The maximum Gasteiger partial charge on any atom is 0.276 e. The summed E-state index contributed by atoms with van der Waals surface area (Å²) in [5.41, 5.74) is 1.98. The maximum atomic E-state index is 14.8. The number of rotatable bonds is 4. The van der Waals surface area contributed by atoms with Crippen LogP contribution in [0.1, 0.15) is 29.4 Å². The van der Waals surface area contributed by atoms with E-state index in [1.807, 2.05) is 10.9 Å². The molecule has 2 aromatic carbocycles. The van der Waals surface area contributed by atoms with Crippen LogP contribution in [0.5, 0.6) is 0 Å². The minimum absolute atomic E-state index is 0.131. The molecule has 0 saturated carbocycles. The highest BCUT2D eigenvalue weighted by Crippen LogP contribution is 2.30. The lowest BCUT2D eigenvalue weighted by Gasteiger charge is -2.22. The summed E-state index contributed by atoms with van der Waals surface area (Å²) in [6, 6.07) is 8.65. The van der Waals surface area contributed by atoms with Crippen LogP contribution in [0.15, 0.2) is 48.8 Å². The molecule has 3 heterocycles. The van der Waals surface area contributed by atoms with Gasteiger partial charge in [0.25, 0.3) is 5.91 Å². The van der Waals surface area contributed by atoms with E-state index in [0.717, 1.165) is 25.9 Å². The van der Waals surface area contributed by atoms with Gasteiger partial charge in [-0.05, 0) is 56.3 Å². The summed E-state index contributed by atoms with van der Waals surface area (Å²) in [7, 11) is 0. The summed E-state index contributed by atoms with van der Waals surface area (Å²) in [5.74, 6) is -1.29. The number of halogens is 2. The lowest BCUT2D eigenvalue weighted by molar-refractivity contribution is 0.102. The molecule has 1 amide bonds. The van der Waals surface area contributed by atoms with Crippen LogP contribution in [-0.2, 0) is 0 Å². The Balaban J connectivity index is 1.46. The fourth-order valence-corrected chi connectivity index (χ4v) is 3.90. The van der Waals surface area contributed by atoms with Gasteiger partial charge in [-0.15, -0.1) is 0 Å². The molecule has 0 spiro atoms. The number of nitrogens with zero attached hydrogens (tertiary/aromatic N) is 3. The predicted molar refractivity (Wildman–Crippen MR) is 113 cm³/mol. The number of nitrogens with one attached hydrogen (secondary N) is 3. The van der Waals surface area contributed by atoms with Crippen LogP contribution in [0.3, 0.4) is 0 Å². The number of amides is 1. The van der Waals surface area contributed by atoms with Gasteiger partial charge < -0.3 is 10.6 Å². The van der Waals surface area contributed by atoms with Crippen molar-refractivity contribution in [2.75, 3.05) is 18.4 Å². The van der Waals surface area contributed by atoms with Crippen molar-refractivity contribution >= 4 is 22.5 Å². The predicted octanol–water partition coefficient (Wildman–Crippen LogP) is 3.88. The van der Waals surface area contributed by atoms with Gasteiger partial charge in [0.15, 0.2) is 5.69 Å². The summed E-state index contributed by atoms with van der Waals surface area (Å²) < 4.78 is 29.8. The standard InChI is InChI=1S/C22H20F2N6O/c23-14-1-3-15(4-2-14)27-22(31)21-18-9-17(19(24)10-20(18)28-29-21)13-11-26-30(12-13)16-5-7-25-8-6-16/h1-4,9-12,16,25H,5-8H2,(H,27,31)(H,28,29). The van der Waals surface area contributed by atoms with E-state index in [-0.39, 0.29) is 11.7 Å². The Labute approximate surface area is 176 Å². The zero-order chi connectivity index (χ0) is 21.4. The molecule has 1 fully saturated rings. The molecule has 2 aromatic heterocycles. The van der Waals surface area contributed by atoms with Crippen LogP contribution in [-0.4, -0.2) is 39.0 Å². The quantitative estimate of drug-likeness (QED) is 0.466. The van der Waals surface area contributed by atoms with Crippen molar-refractivity contribution in [2.45, 2.75) is 18.9 Å². The summed E-state index contributed by atoms with van der Waals surface area (Å²) in [4.78, 5) is 12.7. The van der Waals surface area contributed by atoms with Crippen LogP contribution >= 0.6 is 0 Å². The van der Waals surface area contributed by atoms with Crippen molar-refractivity contribution in [1.29, 1.82) is 0 Å². The van der Waals surface area contributed by atoms with E-state index in [4.69, 9.17) is 0 Å². The maximum absolute atomic E-state index is 14.8. The first-order valence-corrected chi connectivity index (χ1v) is 10.1. The normalized spacial score (nSPS) is 14.8. The van der Waals surface area contributed by atoms with E-state index in [0.29, 0.717) is 27.7 Å². The average molecular weight is 422 g/mol. The van der Waals surface area contributed by atoms with Crippen molar-refractivity contribution in [3.05, 3.63) is 66.1 Å². The largest absolute Gasteiger partial charge is 0.321 e. The minimum Gasteiger partial charge on any atom is -0.321 e. The molecule has 1 aliphatic heterocycles. The fraction of sp³-hybridized carbons (Fsp3) is 0.227. The molecule has 7 nitrogen and oxygen atoms in total. The lowest BCUT2D eigenvalue weighted by atomic mass is 10.0. The van der Waals surface area contributed by atoms with E-state index in [2.05, 4.69) is 25.9 Å². The van der Waals surface area contributed by atoms with Crippen LogP contribution in [0.2, 0.25) is 0 Å². The van der Waals surface area contributed by atoms with Gasteiger partial charge in [0, 0.05) is 34.5 Å². The minimum atomic E-state index is -0.471. The van der Waals surface area contributed by atoms with E-state index in [1.165, 1.54) is 30.3 Å². The third-order valence-electron chi connectivity index (χ3n) is 5.56. The number of anilines is 1. The van der Waals surface area contributed by atoms with E-state index in [1.54, 1.807) is 12.3 Å². The summed E-state index contributed by atoms with van der Waals surface area (Å²) in [6.07, 6.45) is 5.43. The molecule has 5 rings (SSSR count). The first-order valence-electron chi connectivity index (χ1n) is 10.1. The zero-order valence-corrected chi connectivity index (χ0v) is 16.5. The number of hydrogen-bond donors (Lipinski definition) is 3. The van der Waals surface area contributed by atoms with Crippen molar-refractivity contribution in [2.24, 2.45) is 0 Å². The van der Waals surface area contributed by atoms with Crippen LogP contribution < -0.4 is 10.6 Å². The molecule has 4 aromatic rings. The molecule has 0 bridgehead atoms. The number of benzene rings is 2. The van der Waals surface area contributed by atoms with E-state index >= 15 is 0 Å². The third kappa shape index (κ3) is 3.79. The summed E-state index contributed by atoms with van der Waals surface area (Å²) >= 11 is 0. The topological polar surface area (TPSA) is 87.6 Å². The molecular weight excluding hydrogens is 402 g/mol. The third-order valence-corrected chi connectivity index (χ3v) is 5.56. The first kappa shape index (κ1) is 19.4. The number of aromatic amines is 1. The Bertz CT molecular complexity index is 1240. The SMILES string of the molecule is O=C(Nc1ccc(F)cc1)c1n[nH]c2cc(F)c(-c3cnn(C4CCNCC4)c3)cc12. The summed E-state index contributed by atoms with van der Waals surface area (Å²) in [5, 5.41) is 17.7. The molecule has 31 heavy (non-hydrogen) atoms. The first-order chi connectivity index (χ1) is 15.1. The van der Waals surface area contributed by atoms with Crippen molar-refractivity contribution in [3.63, 3.8) is 0 Å². The highest BCUT2D eigenvalue weighted by atomic mass is 19.1. The van der Waals surface area contributed by atoms with Gasteiger partial charge in [-0.3, -0.25) is 14.6 Å².